The molecule has 0 aliphatic heterocycles. The van der Waals surface area contributed by atoms with Gasteiger partial charge in [0.1, 0.15) is 0 Å². The van der Waals surface area contributed by atoms with Crippen molar-refractivity contribution >= 4 is 17.6 Å². The maximum absolute atomic E-state index is 11.9. The summed E-state index contributed by atoms with van der Waals surface area (Å²) in [4.78, 5) is 23.6. The third kappa shape index (κ3) is 5.33. The van der Waals surface area contributed by atoms with Gasteiger partial charge in [-0.05, 0) is 31.4 Å². The average Bonchev–Trinajstić information content (AvgIpc) is 2.52. The molecule has 1 aromatic carbocycles. The molecular weight excluding hydrogens is 282 g/mol. The SMILES string of the molecule is C=CCOC(C)C(=O)OCC(=O)Nc1c(C)cccc1CC. The number of hydrogen-bond acceptors (Lipinski definition) is 4. The first-order valence-corrected chi connectivity index (χ1v) is 7.27. The predicted octanol–water partition coefficient (Wildman–Crippen LogP) is 2.63. The molecule has 22 heavy (non-hydrogen) atoms. The number of amides is 1. The lowest BCUT2D eigenvalue weighted by atomic mass is 10.1. The Bertz CT molecular complexity index is 539. The minimum atomic E-state index is -0.726. The van der Waals surface area contributed by atoms with Crippen molar-refractivity contribution in [2.75, 3.05) is 18.5 Å². The topological polar surface area (TPSA) is 64.6 Å². The fourth-order valence-electron chi connectivity index (χ4n) is 1.91. The van der Waals surface area contributed by atoms with Crippen LogP contribution in [0.3, 0.4) is 0 Å². The molecule has 0 fully saturated rings. The Kier molecular flexibility index (Phi) is 7.32. The summed E-state index contributed by atoms with van der Waals surface area (Å²) in [5, 5.41) is 2.79. The minimum Gasteiger partial charge on any atom is -0.454 e. The third-order valence-electron chi connectivity index (χ3n) is 3.15. The van der Waals surface area contributed by atoms with E-state index in [1.165, 1.54) is 0 Å². The number of benzene rings is 1. The minimum absolute atomic E-state index is 0.255. The Morgan fingerprint density at radius 1 is 1.41 bits per heavy atom. The molecule has 0 spiro atoms. The highest BCUT2D eigenvalue weighted by molar-refractivity contribution is 5.94. The predicted molar refractivity (Wildman–Crippen MR) is 85.8 cm³/mol. The molecule has 0 saturated heterocycles. The number of carbonyl (C=O) groups excluding carboxylic acids is 2. The van der Waals surface area contributed by atoms with E-state index >= 15 is 0 Å². The second kappa shape index (κ2) is 9.00. The highest BCUT2D eigenvalue weighted by Crippen LogP contribution is 2.20. The monoisotopic (exact) mass is 305 g/mol. The van der Waals surface area contributed by atoms with Gasteiger partial charge in [-0.15, -0.1) is 6.58 Å². The van der Waals surface area contributed by atoms with Crippen LogP contribution in [0.2, 0.25) is 0 Å². The van der Waals surface area contributed by atoms with Crippen molar-refractivity contribution in [3.05, 3.63) is 42.0 Å². The van der Waals surface area contributed by atoms with Gasteiger partial charge in [-0.2, -0.15) is 0 Å². The van der Waals surface area contributed by atoms with Crippen molar-refractivity contribution in [1.29, 1.82) is 0 Å². The highest BCUT2D eigenvalue weighted by atomic mass is 16.6. The number of aryl methyl sites for hydroxylation is 2. The molecule has 5 heteroatoms. The lowest BCUT2D eigenvalue weighted by Crippen LogP contribution is -2.28. The number of nitrogens with one attached hydrogen (secondary N) is 1. The quantitative estimate of drug-likeness (QED) is 0.592. The molecule has 1 amide bonds. The zero-order valence-electron chi connectivity index (χ0n) is 13.3. The molecule has 1 N–H and O–H groups in total. The summed E-state index contributed by atoms with van der Waals surface area (Å²) in [6.45, 7) is 8.93. The van der Waals surface area contributed by atoms with Crippen LogP contribution in [0.1, 0.15) is 25.0 Å². The molecule has 1 unspecified atom stereocenters. The molecule has 1 atom stereocenters. The molecule has 0 heterocycles. The van der Waals surface area contributed by atoms with Crippen molar-refractivity contribution in [2.24, 2.45) is 0 Å². The first-order valence-electron chi connectivity index (χ1n) is 7.27. The van der Waals surface area contributed by atoms with Gasteiger partial charge in [0, 0.05) is 5.69 Å². The molecule has 0 saturated carbocycles. The Morgan fingerprint density at radius 3 is 2.77 bits per heavy atom. The Labute approximate surface area is 131 Å². The normalized spacial score (nSPS) is 11.6. The largest absolute Gasteiger partial charge is 0.454 e. The van der Waals surface area contributed by atoms with Crippen LogP contribution < -0.4 is 5.32 Å². The van der Waals surface area contributed by atoms with Crippen molar-refractivity contribution in [3.63, 3.8) is 0 Å². The van der Waals surface area contributed by atoms with Crippen LogP contribution in [-0.4, -0.2) is 31.2 Å². The van der Waals surface area contributed by atoms with Crippen LogP contribution in [0.25, 0.3) is 0 Å². The van der Waals surface area contributed by atoms with Crippen molar-refractivity contribution < 1.29 is 19.1 Å². The first kappa shape index (κ1) is 17.9. The van der Waals surface area contributed by atoms with Crippen LogP contribution in [0.4, 0.5) is 5.69 Å². The van der Waals surface area contributed by atoms with Crippen molar-refractivity contribution in [3.8, 4) is 0 Å². The van der Waals surface area contributed by atoms with Crippen LogP contribution in [0.15, 0.2) is 30.9 Å². The van der Waals surface area contributed by atoms with E-state index in [4.69, 9.17) is 9.47 Å². The zero-order chi connectivity index (χ0) is 16.5. The standard InChI is InChI=1S/C17H23NO4/c1-5-10-21-13(4)17(20)22-11-15(19)18-16-12(3)8-7-9-14(16)6-2/h5,7-9,13H,1,6,10-11H2,2-4H3,(H,18,19). The number of carbonyl (C=O) groups is 2. The molecule has 120 valence electrons. The van der Waals surface area contributed by atoms with Crippen LogP contribution >= 0.6 is 0 Å². The molecule has 1 aromatic rings. The molecular formula is C17H23NO4. The van der Waals surface area contributed by atoms with E-state index in [2.05, 4.69) is 11.9 Å². The van der Waals surface area contributed by atoms with E-state index in [1.54, 1.807) is 13.0 Å². The smallest absolute Gasteiger partial charge is 0.335 e. The average molecular weight is 305 g/mol. The summed E-state index contributed by atoms with van der Waals surface area (Å²) in [5.74, 6) is -0.939. The van der Waals surface area contributed by atoms with Crippen LogP contribution in [0, 0.1) is 6.92 Å². The number of rotatable bonds is 8. The van der Waals surface area contributed by atoms with Gasteiger partial charge in [-0.1, -0.05) is 31.2 Å². The van der Waals surface area contributed by atoms with E-state index in [0.29, 0.717) is 0 Å². The molecule has 0 aromatic heterocycles. The van der Waals surface area contributed by atoms with Crippen LogP contribution in [-0.2, 0) is 25.5 Å². The summed E-state index contributed by atoms with van der Waals surface area (Å²) >= 11 is 0. The van der Waals surface area contributed by atoms with Gasteiger partial charge < -0.3 is 14.8 Å². The van der Waals surface area contributed by atoms with Crippen molar-refractivity contribution in [1.82, 2.24) is 0 Å². The second-order valence-corrected chi connectivity index (χ2v) is 4.88. The summed E-state index contributed by atoms with van der Waals surface area (Å²) < 4.78 is 10.1. The van der Waals surface area contributed by atoms with E-state index in [9.17, 15) is 9.59 Å². The highest BCUT2D eigenvalue weighted by Gasteiger charge is 2.16. The molecule has 1 rings (SSSR count). The number of esters is 1. The Balaban J connectivity index is 2.54. The molecule has 5 nitrogen and oxygen atoms in total. The summed E-state index contributed by atoms with van der Waals surface area (Å²) in [6.07, 6.45) is 1.63. The lowest BCUT2D eigenvalue weighted by molar-refractivity contribution is -0.157. The fourth-order valence-corrected chi connectivity index (χ4v) is 1.91. The van der Waals surface area contributed by atoms with E-state index in [1.807, 2.05) is 32.0 Å². The van der Waals surface area contributed by atoms with Gasteiger partial charge in [0.2, 0.25) is 0 Å². The Morgan fingerprint density at radius 2 is 2.14 bits per heavy atom. The summed E-state index contributed by atoms with van der Waals surface area (Å²) in [6, 6.07) is 5.83. The molecule has 0 aliphatic rings. The lowest BCUT2D eigenvalue weighted by Gasteiger charge is -2.14. The fraction of sp³-hybridized carbons (Fsp3) is 0.412. The summed E-state index contributed by atoms with van der Waals surface area (Å²) in [7, 11) is 0. The maximum Gasteiger partial charge on any atom is 0.335 e. The number of anilines is 1. The zero-order valence-corrected chi connectivity index (χ0v) is 13.3. The number of ether oxygens (including phenoxy) is 2. The molecule has 0 radical (unpaired) electrons. The van der Waals surface area contributed by atoms with Crippen molar-refractivity contribution in [2.45, 2.75) is 33.3 Å². The number of para-hydroxylation sites is 1. The van der Waals surface area contributed by atoms with E-state index in [-0.39, 0.29) is 19.1 Å². The number of hydrogen-bond donors (Lipinski definition) is 1. The van der Waals surface area contributed by atoms with E-state index < -0.39 is 12.1 Å². The van der Waals surface area contributed by atoms with Gasteiger partial charge in [-0.3, -0.25) is 4.79 Å². The summed E-state index contributed by atoms with van der Waals surface area (Å²) in [5.41, 5.74) is 2.80. The molecule has 0 aliphatic carbocycles. The van der Waals surface area contributed by atoms with Gasteiger partial charge in [-0.25, -0.2) is 4.79 Å². The maximum atomic E-state index is 11.9. The first-order chi connectivity index (χ1) is 10.5. The van der Waals surface area contributed by atoms with Gasteiger partial charge in [0.05, 0.1) is 6.61 Å². The Hall–Kier alpha value is -2.14. The van der Waals surface area contributed by atoms with Gasteiger partial charge in [0.25, 0.3) is 5.91 Å². The van der Waals surface area contributed by atoms with Gasteiger partial charge in [0.15, 0.2) is 12.7 Å². The second-order valence-electron chi connectivity index (χ2n) is 4.88. The van der Waals surface area contributed by atoms with E-state index in [0.717, 1.165) is 23.2 Å². The van der Waals surface area contributed by atoms with Crippen LogP contribution in [0.5, 0.6) is 0 Å². The van der Waals surface area contributed by atoms with Gasteiger partial charge >= 0.3 is 5.97 Å². The third-order valence-corrected chi connectivity index (χ3v) is 3.15. The molecule has 0 bridgehead atoms.